The molecule has 1 fully saturated rings. The van der Waals surface area contributed by atoms with Gasteiger partial charge in [-0.3, -0.25) is 9.89 Å². The highest BCUT2D eigenvalue weighted by molar-refractivity contribution is 14.0. The highest BCUT2D eigenvalue weighted by Crippen LogP contribution is 2.05. The van der Waals surface area contributed by atoms with Crippen LogP contribution in [0.4, 0.5) is 0 Å². The van der Waals surface area contributed by atoms with Gasteiger partial charge in [-0.05, 0) is 27.4 Å². The van der Waals surface area contributed by atoms with Gasteiger partial charge in [-0.15, -0.1) is 24.0 Å². The normalized spacial score (nSPS) is 19.2. The number of guanidine groups is 1. The second kappa shape index (κ2) is 17.0. The second-order valence-corrected chi connectivity index (χ2v) is 6.62. The van der Waals surface area contributed by atoms with Gasteiger partial charge in [0.15, 0.2) is 5.96 Å². The molecule has 0 bridgehead atoms. The van der Waals surface area contributed by atoms with Gasteiger partial charge in [0.25, 0.3) is 0 Å². The summed E-state index contributed by atoms with van der Waals surface area (Å²) in [5.74, 6) is 0.868. The number of ether oxygens (including phenoxy) is 2. The van der Waals surface area contributed by atoms with Crippen molar-refractivity contribution in [2.24, 2.45) is 4.99 Å². The van der Waals surface area contributed by atoms with Crippen LogP contribution in [0.3, 0.4) is 0 Å². The summed E-state index contributed by atoms with van der Waals surface area (Å²) in [6.07, 6.45) is 2.29. The van der Waals surface area contributed by atoms with Crippen LogP contribution in [0.5, 0.6) is 0 Å². The number of hydrogen-bond acceptors (Lipinski definition) is 5. The summed E-state index contributed by atoms with van der Waals surface area (Å²) in [5.41, 5.74) is 0. The molecule has 0 aromatic rings. The van der Waals surface area contributed by atoms with E-state index in [2.05, 4.69) is 48.4 Å². The van der Waals surface area contributed by atoms with E-state index in [0.29, 0.717) is 25.9 Å². The molecule has 0 aromatic carbocycles. The number of hydrogen-bond donors (Lipinski definition) is 2. The Hall–Kier alpha value is -0.160. The molecule has 0 amide bonds. The van der Waals surface area contributed by atoms with Crippen LogP contribution >= 0.6 is 24.0 Å². The third kappa shape index (κ3) is 12.3. The van der Waals surface area contributed by atoms with Crippen molar-refractivity contribution in [2.75, 3.05) is 79.8 Å². The lowest BCUT2D eigenvalue weighted by atomic mass is 10.2. The minimum atomic E-state index is 0. The summed E-state index contributed by atoms with van der Waals surface area (Å²) in [7, 11) is 4.36. The van der Waals surface area contributed by atoms with Gasteiger partial charge in [0.05, 0.1) is 26.4 Å². The molecule has 1 heterocycles. The van der Waals surface area contributed by atoms with Gasteiger partial charge in [0.1, 0.15) is 0 Å². The zero-order chi connectivity index (χ0) is 18.3. The maximum atomic E-state index is 5.58. The molecule has 1 unspecified atom stereocenters. The number of nitrogens with zero attached hydrogens (tertiary/aromatic N) is 3. The van der Waals surface area contributed by atoms with Gasteiger partial charge in [-0.2, -0.15) is 0 Å². The van der Waals surface area contributed by atoms with E-state index in [9.17, 15) is 0 Å². The summed E-state index contributed by atoms with van der Waals surface area (Å²) < 4.78 is 11.1. The summed E-state index contributed by atoms with van der Waals surface area (Å²) >= 11 is 0. The number of halogens is 1. The van der Waals surface area contributed by atoms with Gasteiger partial charge < -0.3 is 25.0 Å². The summed E-state index contributed by atoms with van der Waals surface area (Å²) in [5, 5.41) is 6.64. The Morgan fingerprint density at radius 3 is 2.46 bits per heavy atom. The van der Waals surface area contributed by atoms with Gasteiger partial charge in [0.2, 0.25) is 0 Å². The first kappa shape index (κ1) is 25.8. The van der Waals surface area contributed by atoms with E-state index in [4.69, 9.17) is 14.5 Å². The number of nitrogens with one attached hydrogen (secondary N) is 2. The Bertz CT molecular complexity index is 360. The topological polar surface area (TPSA) is 61.4 Å². The minimum Gasteiger partial charge on any atom is -0.379 e. The maximum absolute atomic E-state index is 5.58. The third-order valence-corrected chi connectivity index (χ3v) is 4.34. The molecule has 8 heteroatoms. The van der Waals surface area contributed by atoms with Crippen molar-refractivity contribution >= 4 is 29.9 Å². The van der Waals surface area contributed by atoms with Crippen molar-refractivity contribution in [3.8, 4) is 0 Å². The molecule has 1 aliphatic rings. The van der Waals surface area contributed by atoms with Crippen molar-refractivity contribution in [1.29, 1.82) is 0 Å². The van der Waals surface area contributed by atoms with Crippen LogP contribution in [0.15, 0.2) is 4.99 Å². The summed E-state index contributed by atoms with van der Waals surface area (Å²) in [6, 6.07) is 0.478. The zero-order valence-electron chi connectivity index (χ0n) is 17.1. The Morgan fingerprint density at radius 2 is 1.77 bits per heavy atom. The Balaban J connectivity index is 0.00000625. The van der Waals surface area contributed by atoms with Crippen molar-refractivity contribution in [2.45, 2.75) is 32.7 Å². The monoisotopic (exact) mass is 485 g/mol. The van der Waals surface area contributed by atoms with E-state index in [1.165, 1.54) is 6.42 Å². The van der Waals surface area contributed by atoms with E-state index in [-0.39, 0.29) is 24.0 Å². The van der Waals surface area contributed by atoms with Crippen LogP contribution in [0.1, 0.15) is 26.7 Å². The third-order valence-electron chi connectivity index (χ3n) is 4.34. The highest BCUT2D eigenvalue weighted by Gasteiger charge is 2.21. The SMILES string of the molecule is CCCCOCCOCCNC(=NCC1CN(C)CCN1C)NCC.I. The van der Waals surface area contributed by atoms with Crippen molar-refractivity contribution < 1.29 is 9.47 Å². The molecule has 1 saturated heterocycles. The number of unbranched alkanes of at least 4 members (excludes halogenated alkanes) is 1. The molecular weight excluding hydrogens is 445 g/mol. The van der Waals surface area contributed by atoms with E-state index < -0.39 is 0 Å². The van der Waals surface area contributed by atoms with Crippen molar-refractivity contribution in [1.82, 2.24) is 20.4 Å². The van der Waals surface area contributed by atoms with Crippen LogP contribution in [-0.4, -0.2) is 102 Å². The predicted molar refractivity (Wildman–Crippen MR) is 120 cm³/mol. The molecule has 0 radical (unpaired) electrons. The molecule has 1 aliphatic heterocycles. The molecule has 2 N–H and O–H groups in total. The first-order valence-corrected chi connectivity index (χ1v) is 9.73. The Morgan fingerprint density at radius 1 is 1.04 bits per heavy atom. The summed E-state index contributed by atoms with van der Waals surface area (Å²) in [4.78, 5) is 9.51. The molecule has 7 nitrogen and oxygen atoms in total. The number of aliphatic imine (C=N–C) groups is 1. The number of rotatable bonds is 12. The van der Waals surface area contributed by atoms with Crippen LogP contribution < -0.4 is 10.6 Å². The smallest absolute Gasteiger partial charge is 0.191 e. The number of piperazine rings is 1. The second-order valence-electron chi connectivity index (χ2n) is 6.62. The van der Waals surface area contributed by atoms with Crippen molar-refractivity contribution in [3.05, 3.63) is 0 Å². The van der Waals surface area contributed by atoms with Crippen molar-refractivity contribution in [3.63, 3.8) is 0 Å². The predicted octanol–water partition coefficient (Wildman–Crippen LogP) is 1.24. The lowest BCUT2D eigenvalue weighted by Crippen LogP contribution is -2.51. The van der Waals surface area contributed by atoms with E-state index in [1.54, 1.807) is 0 Å². The van der Waals surface area contributed by atoms with Gasteiger partial charge >= 0.3 is 0 Å². The molecule has 1 atom stereocenters. The minimum absolute atomic E-state index is 0. The number of likely N-dealkylation sites (N-methyl/N-ethyl adjacent to an activating group) is 2. The fourth-order valence-corrected chi connectivity index (χ4v) is 2.65. The van der Waals surface area contributed by atoms with Crippen LogP contribution in [-0.2, 0) is 9.47 Å². The van der Waals surface area contributed by atoms with E-state index in [0.717, 1.165) is 58.3 Å². The molecular formula is C18H40IN5O2. The molecule has 26 heavy (non-hydrogen) atoms. The zero-order valence-corrected chi connectivity index (χ0v) is 19.5. The lowest BCUT2D eigenvalue weighted by molar-refractivity contribution is 0.0487. The van der Waals surface area contributed by atoms with Crippen LogP contribution in [0, 0.1) is 0 Å². The Labute approximate surface area is 177 Å². The Kier molecular flexibility index (Phi) is 16.9. The lowest BCUT2D eigenvalue weighted by Gasteiger charge is -2.36. The molecule has 156 valence electrons. The molecule has 0 aliphatic carbocycles. The quantitative estimate of drug-likeness (QED) is 0.188. The van der Waals surface area contributed by atoms with Gasteiger partial charge in [0, 0.05) is 45.4 Å². The first-order valence-electron chi connectivity index (χ1n) is 9.73. The molecule has 0 aromatic heterocycles. The van der Waals surface area contributed by atoms with E-state index in [1.807, 2.05) is 0 Å². The van der Waals surface area contributed by atoms with Gasteiger partial charge in [-0.1, -0.05) is 13.3 Å². The molecule has 0 spiro atoms. The fourth-order valence-electron chi connectivity index (χ4n) is 2.65. The van der Waals surface area contributed by atoms with Crippen LogP contribution in [0.25, 0.3) is 0 Å². The average Bonchev–Trinajstić information content (AvgIpc) is 2.60. The van der Waals surface area contributed by atoms with Gasteiger partial charge in [-0.25, -0.2) is 0 Å². The highest BCUT2D eigenvalue weighted by atomic mass is 127. The first-order chi connectivity index (χ1) is 12.2. The molecule has 0 saturated carbocycles. The van der Waals surface area contributed by atoms with Crippen LogP contribution in [0.2, 0.25) is 0 Å². The fraction of sp³-hybridized carbons (Fsp3) is 0.944. The molecule has 1 rings (SSSR count). The van der Waals surface area contributed by atoms with E-state index >= 15 is 0 Å². The maximum Gasteiger partial charge on any atom is 0.191 e. The summed E-state index contributed by atoms with van der Waals surface area (Å²) in [6.45, 7) is 12.8. The standard InChI is InChI=1S/C18H39N5O2.HI/c1-5-7-11-24-13-14-25-12-8-20-18(19-6-2)21-15-17-16-22(3)9-10-23(17)4;/h17H,5-16H2,1-4H3,(H2,19,20,21);1H. The largest absolute Gasteiger partial charge is 0.379 e. The average molecular weight is 485 g/mol.